The molecule has 1 heterocycles. The molecule has 2 rings (SSSR count). The lowest BCUT2D eigenvalue weighted by Crippen LogP contribution is -2.19. The first-order chi connectivity index (χ1) is 9.65. The summed E-state index contributed by atoms with van der Waals surface area (Å²) in [6.07, 6.45) is 3.78. The summed E-state index contributed by atoms with van der Waals surface area (Å²) in [7, 11) is 0. The van der Waals surface area contributed by atoms with Gasteiger partial charge in [-0.25, -0.2) is 9.97 Å². The fourth-order valence-corrected chi connectivity index (χ4v) is 2.87. The van der Waals surface area contributed by atoms with Crippen LogP contribution in [-0.4, -0.2) is 16.5 Å². The fourth-order valence-electron chi connectivity index (χ4n) is 1.62. The molecular weight excluding hydrogens is 334 g/mol. The molecule has 0 bridgehead atoms. The minimum atomic E-state index is 0.654. The van der Waals surface area contributed by atoms with Crippen LogP contribution in [0.25, 0.3) is 0 Å². The first-order valence-corrected chi connectivity index (χ1v) is 8.20. The van der Waals surface area contributed by atoms with E-state index in [1.54, 1.807) is 11.8 Å². The molecule has 20 heavy (non-hydrogen) atoms. The van der Waals surface area contributed by atoms with Crippen LogP contribution < -0.4 is 5.32 Å². The zero-order valence-electron chi connectivity index (χ0n) is 11.6. The zero-order chi connectivity index (χ0) is 14.4. The van der Waals surface area contributed by atoms with Gasteiger partial charge in [0.15, 0.2) is 5.16 Å². The van der Waals surface area contributed by atoms with Gasteiger partial charge in [0.2, 0.25) is 0 Å². The minimum Gasteiger partial charge on any atom is -0.312 e. The Morgan fingerprint density at radius 2 is 1.90 bits per heavy atom. The summed E-state index contributed by atoms with van der Waals surface area (Å²) in [5.41, 5.74) is 1.11. The molecule has 1 N–H and O–H groups in total. The fraction of sp³-hybridized carbons (Fsp3) is 0.333. The van der Waals surface area contributed by atoms with Gasteiger partial charge in [-0.3, -0.25) is 0 Å². The van der Waals surface area contributed by atoms with Crippen molar-refractivity contribution in [2.75, 3.05) is 6.54 Å². The van der Waals surface area contributed by atoms with E-state index >= 15 is 0 Å². The lowest BCUT2D eigenvalue weighted by Gasteiger charge is -2.07. The van der Waals surface area contributed by atoms with Gasteiger partial charge in [0.25, 0.3) is 0 Å². The summed E-state index contributed by atoms with van der Waals surface area (Å²) in [6.45, 7) is 6.22. The molecule has 106 valence electrons. The van der Waals surface area contributed by atoms with Crippen LogP contribution in [0.1, 0.15) is 19.4 Å². The van der Waals surface area contributed by atoms with Crippen LogP contribution in [0.2, 0.25) is 0 Å². The Labute approximate surface area is 132 Å². The highest BCUT2D eigenvalue weighted by Gasteiger charge is 2.04. The third kappa shape index (κ3) is 4.89. The smallest absolute Gasteiger partial charge is 0.192 e. The molecule has 0 amide bonds. The Morgan fingerprint density at radius 3 is 2.55 bits per heavy atom. The van der Waals surface area contributed by atoms with Crippen LogP contribution in [0.5, 0.6) is 0 Å². The molecule has 0 fully saturated rings. The van der Waals surface area contributed by atoms with E-state index in [0.29, 0.717) is 5.92 Å². The van der Waals surface area contributed by atoms with Gasteiger partial charge in [0.1, 0.15) is 0 Å². The summed E-state index contributed by atoms with van der Waals surface area (Å²) in [5.74, 6) is 0.654. The molecule has 0 radical (unpaired) electrons. The van der Waals surface area contributed by atoms with Crippen molar-refractivity contribution in [3.8, 4) is 0 Å². The molecule has 0 aliphatic rings. The van der Waals surface area contributed by atoms with E-state index in [1.807, 2.05) is 30.6 Å². The van der Waals surface area contributed by atoms with E-state index in [9.17, 15) is 0 Å². The molecule has 0 atom stereocenters. The topological polar surface area (TPSA) is 37.8 Å². The first-order valence-electron chi connectivity index (χ1n) is 6.59. The second kappa shape index (κ2) is 7.76. The van der Waals surface area contributed by atoms with Gasteiger partial charge in [-0.2, -0.15) is 0 Å². The van der Waals surface area contributed by atoms with Crippen molar-refractivity contribution in [3.05, 3.63) is 46.7 Å². The van der Waals surface area contributed by atoms with Crippen LogP contribution in [-0.2, 0) is 6.54 Å². The Morgan fingerprint density at radius 1 is 1.20 bits per heavy atom. The average molecular weight is 352 g/mol. The molecule has 0 aliphatic heterocycles. The standard InChI is InChI=1S/C15H18BrN3S/c1-11(2)7-17-8-12-9-18-15(19-10-12)20-14-6-4-3-5-13(14)16/h3-6,9-11,17H,7-8H2,1-2H3. The highest BCUT2D eigenvalue weighted by Crippen LogP contribution is 2.30. The first kappa shape index (κ1) is 15.5. The van der Waals surface area contributed by atoms with Crippen LogP contribution in [0.3, 0.4) is 0 Å². The maximum atomic E-state index is 4.40. The van der Waals surface area contributed by atoms with E-state index in [4.69, 9.17) is 0 Å². The molecule has 3 nitrogen and oxygen atoms in total. The van der Waals surface area contributed by atoms with E-state index < -0.39 is 0 Å². The summed E-state index contributed by atoms with van der Waals surface area (Å²) in [6, 6.07) is 8.08. The number of benzene rings is 1. The van der Waals surface area contributed by atoms with Crippen LogP contribution in [0.15, 0.2) is 51.2 Å². The number of hydrogen-bond acceptors (Lipinski definition) is 4. The minimum absolute atomic E-state index is 0.654. The second-order valence-electron chi connectivity index (χ2n) is 4.93. The monoisotopic (exact) mass is 351 g/mol. The molecule has 0 unspecified atom stereocenters. The third-order valence-electron chi connectivity index (χ3n) is 2.60. The Bertz CT molecular complexity index is 543. The molecule has 0 saturated carbocycles. The Balaban J connectivity index is 1.93. The average Bonchev–Trinajstić information content (AvgIpc) is 2.43. The van der Waals surface area contributed by atoms with Gasteiger partial charge in [-0.1, -0.05) is 26.0 Å². The SMILES string of the molecule is CC(C)CNCc1cnc(Sc2ccccc2Br)nc1. The Hall–Kier alpha value is -0.910. The molecule has 0 saturated heterocycles. The lowest BCUT2D eigenvalue weighted by atomic mass is 10.2. The lowest BCUT2D eigenvalue weighted by molar-refractivity contribution is 0.550. The van der Waals surface area contributed by atoms with Crippen molar-refractivity contribution in [3.63, 3.8) is 0 Å². The van der Waals surface area contributed by atoms with Crippen molar-refractivity contribution in [2.45, 2.75) is 30.4 Å². The normalized spacial score (nSPS) is 11.0. The number of nitrogens with one attached hydrogen (secondary N) is 1. The van der Waals surface area contributed by atoms with E-state index in [1.165, 1.54) is 0 Å². The van der Waals surface area contributed by atoms with Crippen molar-refractivity contribution in [2.24, 2.45) is 5.92 Å². The van der Waals surface area contributed by atoms with Crippen molar-refractivity contribution >= 4 is 27.7 Å². The number of nitrogens with zero attached hydrogens (tertiary/aromatic N) is 2. The largest absolute Gasteiger partial charge is 0.312 e. The quantitative estimate of drug-likeness (QED) is 0.793. The van der Waals surface area contributed by atoms with Crippen LogP contribution >= 0.6 is 27.7 Å². The van der Waals surface area contributed by atoms with Gasteiger partial charge in [0, 0.05) is 33.9 Å². The number of aromatic nitrogens is 2. The molecular formula is C15H18BrN3S. The third-order valence-corrected chi connectivity index (χ3v) is 4.52. The number of halogens is 1. The van der Waals surface area contributed by atoms with E-state index in [0.717, 1.165) is 33.2 Å². The number of rotatable bonds is 6. The molecule has 2 aromatic rings. The van der Waals surface area contributed by atoms with Gasteiger partial charge < -0.3 is 5.32 Å². The molecule has 0 spiro atoms. The molecule has 0 aliphatic carbocycles. The zero-order valence-corrected chi connectivity index (χ0v) is 14.0. The van der Waals surface area contributed by atoms with E-state index in [-0.39, 0.29) is 0 Å². The summed E-state index contributed by atoms with van der Waals surface area (Å²) in [5, 5.41) is 4.15. The van der Waals surface area contributed by atoms with Crippen LogP contribution in [0, 0.1) is 5.92 Å². The Kier molecular flexibility index (Phi) is 6.01. The highest BCUT2D eigenvalue weighted by atomic mass is 79.9. The predicted molar refractivity (Wildman–Crippen MR) is 86.8 cm³/mol. The van der Waals surface area contributed by atoms with Gasteiger partial charge in [0.05, 0.1) is 0 Å². The van der Waals surface area contributed by atoms with Gasteiger partial charge in [-0.15, -0.1) is 0 Å². The molecule has 5 heteroatoms. The second-order valence-corrected chi connectivity index (χ2v) is 6.79. The maximum absolute atomic E-state index is 4.40. The van der Waals surface area contributed by atoms with Gasteiger partial charge >= 0.3 is 0 Å². The highest BCUT2D eigenvalue weighted by molar-refractivity contribution is 9.10. The molecule has 1 aromatic heterocycles. The van der Waals surface area contributed by atoms with Crippen LogP contribution in [0.4, 0.5) is 0 Å². The van der Waals surface area contributed by atoms with Gasteiger partial charge in [-0.05, 0) is 52.3 Å². The van der Waals surface area contributed by atoms with Crippen molar-refractivity contribution in [1.82, 2.24) is 15.3 Å². The van der Waals surface area contributed by atoms with Crippen molar-refractivity contribution < 1.29 is 0 Å². The maximum Gasteiger partial charge on any atom is 0.192 e. The number of hydrogen-bond donors (Lipinski definition) is 1. The van der Waals surface area contributed by atoms with Crippen molar-refractivity contribution in [1.29, 1.82) is 0 Å². The molecule has 1 aromatic carbocycles. The summed E-state index contributed by atoms with van der Waals surface area (Å²) in [4.78, 5) is 9.93. The summed E-state index contributed by atoms with van der Waals surface area (Å²) >= 11 is 5.09. The van der Waals surface area contributed by atoms with E-state index in [2.05, 4.69) is 51.1 Å². The predicted octanol–water partition coefficient (Wildman–Crippen LogP) is 4.14. The summed E-state index contributed by atoms with van der Waals surface area (Å²) < 4.78 is 1.07.